The molecule has 0 atom stereocenters. The van der Waals surface area contributed by atoms with Crippen LogP contribution in [0.15, 0.2) is 49.4 Å². The first-order valence-corrected chi connectivity index (χ1v) is 8.11. The fraction of sp³-hybridized carbons (Fsp3) is 0.312. The molecule has 0 bridgehead atoms. The van der Waals surface area contributed by atoms with Crippen LogP contribution in [0.3, 0.4) is 0 Å². The molecule has 3 aromatic rings. The zero-order valence-corrected chi connectivity index (χ0v) is 16.0. The number of anilines is 1. The van der Waals surface area contributed by atoms with E-state index in [-0.39, 0.29) is 30.7 Å². The minimum atomic E-state index is -0.681. The minimum Gasteiger partial charge on any atom is -0.323 e. The van der Waals surface area contributed by atoms with Crippen LogP contribution in [0.25, 0.3) is 5.82 Å². The second-order valence-corrected chi connectivity index (χ2v) is 5.93. The predicted octanol–water partition coefficient (Wildman–Crippen LogP) is 1.42. The smallest absolute Gasteiger partial charge is 0.252 e. The van der Waals surface area contributed by atoms with Crippen LogP contribution in [-0.4, -0.2) is 48.5 Å². The number of hydrogen-bond donors (Lipinski definition) is 2. The Morgan fingerprint density at radius 1 is 1.19 bits per heavy atom. The zero-order chi connectivity index (χ0) is 17.1. The molecule has 0 saturated carbocycles. The molecular weight excluding hydrogens is 391 g/mol. The van der Waals surface area contributed by atoms with Crippen LogP contribution >= 0.6 is 24.8 Å². The molecule has 2 N–H and O–H groups in total. The fourth-order valence-electron chi connectivity index (χ4n) is 3.09. The molecule has 0 aromatic carbocycles. The second kappa shape index (κ2) is 8.94. The standard InChI is InChI=1S/C16H18N8O.2ClH/c25-15(16(4-7-17-8-5-16)24-9-1-6-20-24)22-13-2-3-14(19-10-13)23-12-18-11-21-23;;/h1-3,6,9-12,17H,4-5,7-8H2,(H,22,25);2*1H. The number of rotatable bonds is 4. The maximum atomic E-state index is 13.0. The molecule has 1 saturated heterocycles. The third-order valence-corrected chi connectivity index (χ3v) is 4.46. The number of nitrogens with zero attached hydrogens (tertiary/aromatic N) is 6. The highest BCUT2D eigenvalue weighted by atomic mass is 35.5. The Labute approximate surface area is 168 Å². The van der Waals surface area contributed by atoms with Crippen molar-refractivity contribution in [2.24, 2.45) is 0 Å². The van der Waals surface area contributed by atoms with E-state index in [1.165, 1.54) is 6.33 Å². The number of carbonyl (C=O) groups excluding carboxylic acids is 1. The van der Waals surface area contributed by atoms with Gasteiger partial charge in [0.15, 0.2) is 5.82 Å². The Balaban J connectivity index is 0.00000131. The molecular formula is C16H20Cl2N8O. The summed E-state index contributed by atoms with van der Waals surface area (Å²) in [6, 6.07) is 5.43. The molecule has 1 aliphatic heterocycles. The largest absolute Gasteiger partial charge is 0.323 e. The number of piperidine rings is 1. The summed E-state index contributed by atoms with van der Waals surface area (Å²) in [6.45, 7) is 1.55. The van der Waals surface area contributed by atoms with Gasteiger partial charge >= 0.3 is 0 Å². The quantitative estimate of drug-likeness (QED) is 0.673. The average molecular weight is 411 g/mol. The fourth-order valence-corrected chi connectivity index (χ4v) is 3.09. The van der Waals surface area contributed by atoms with E-state index >= 15 is 0 Å². The van der Waals surface area contributed by atoms with Crippen molar-refractivity contribution in [2.75, 3.05) is 18.4 Å². The van der Waals surface area contributed by atoms with E-state index in [9.17, 15) is 4.79 Å². The Kier molecular flexibility index (Phi) is 6.89. The third-order valence-electron chi connectivity index (χ3n) is 4.46. The lowest BCUT2D eigenvalue weighted by Gasteiger charge is -2.36. The number of halogens is 2. The summed E-state index contributed by atoms with van der Waals surface area (Å²) in [7, 11) is 0. The van der Waals surface area contributed by atoms with E-state index < -0.39 is 5.54 Å². The first-order valence-electron chi connectivity index (χ1n) is 8.11. The number of pyridine rings is 1. The molecule has 1 aliphatic rings. The van der Waals surface area contributed by atoms with Crippen LogP contribution < -0.4 is 10.6 Å². The number of hydrogen-bond acceptors (Lipinski definition) is 6. The molecule has 9 nitrogen and oxygen atoms in total. The highest BCUT2D eigenvalue weighted by Gasteiger charge is 2.42. The van der Waals surface area contributed by atoms with Crippen molar-refractivity contribution in [1.29, 1.82) is 0 Å². The molecule has 4 heterocycles. The van der Waals surface area contributed by atoms with Gasteiger partial charge in [-0.2, -0.15) is 10.2 Å². The summed E-state index contributed by atoms with van der Waals surface area (Å²) < 4.78 is 3.32. The molecule has 0 unspecified atom stereocenters. The zero-order valence-electron chi connectivity index (χ0n) is 14.4. The van der Waals surface area contributed by atoms with Gasteiger partial charge in [0.05, 0.1) is 11.9 Å². The summed E-state index contributed by atoms with van der Waals surface area (Å²) in [5, 5.41) is 14.6. The van der Waals surface area contributed by atoms with Gasteiger partial charge in [-0.25, -0.2) is 14.6 Å². The Morgan fingerprint density at radius 2 is 2.00 bits per heavy atom. The van der Waals surface area contributed by atoms with E-state index in [1.54, 1.807) is 40.2 Å². The van der Waals surface area contributed by atoms with Gasteiger partial charge in [-0.3, -0.25) is 9.48 Å². The lowest BCUT2D eigenvalue weighted by Crippen LogP contribution is -2.52. The van der Waals surface area contributed by atoms with Crippen molar-refractivity contribution >= 4 is 36.4 Å². The van der Waals surface area contributed by atoms with Crippen molar-refractivity contribution in [2.45, 2.75) is 18.4 Å². The van der Waals surface area contributed by atoms with Gasteiger partial charge in [-0.1, -0.05) is 0 Å². The van der Waals surface area contributed by atoms with Crippen molar-refractivity contribution < 1.29 is 4.79 Å². The van der Waals surface area contributed by atoms with Crippen molar-refractivity contribution in [3.63, 3.8) is 0 Å². The van der Waals surface area contributed by atoms with Gasteiger partial charge in [0.25, 0.3) is 5.91 Å². The molecule has 3 aromatic heterocycles. The molecule has 4 rings (SSSR count). The Bertz CT molecular complexity index is 830. The molecule has 27 heavy (non-hydrogen) atoms. The van der Waals surface area contributed by atoms with E-state index in [4.69, 9.17) is 0 Å². The van der Waals surface area contributed by atoms with Gasteiger partial charge in [-0.15, -0.1) is 24.8 Å². The van der Waals surface area contributed by atoms with E-state index in [2.05, 4.69) is 30.8 Å². The first kappa shape index (κ1) is 20.8. The van der Waals surface area contributed by atoms with E-state index in [1.807, 2.05) is 12.3 Å². The Hall–Kier alpha value is -2.49. The lowest BCUT2D eigenvalue weighted by atomic mass is 9.87. The van der Waals surface area contributed by atoms with Crippen molar-refractivity contribution in [3.05, 3.63) is 49.4 Å². The third kappa shape index (κ3) is 4.10. The van der Waals surface area contributed by atoms with Gasteiger partial charge in [0.1, 0.15) is 18.2 Å². The molecule has 11 heteroatoms. The van der Waals surface area contributed by atoms with Gasteiger partial charge in [0, 0.05) is 12.4 Å². The summed E-state index contributed by atoms with van der Waals surface area (Å²) in [5.41, 5.74) is -0.0433. The summed E-state index contributed by atoms with van der Waals surface area (Å²) in [4.78, 5) is 21.3. The predicted molar refractivity (Wildman–Crippen MR) is 105 cm³/mol. The summed E-state index contributed by atoms with van der Waals surface area (Å²) in [6.07, 6.45) is 9.55. The SMILES string of the molecule is Cl.Cl.O=C(Nc1ccc(-n2cncn2)nc1)C1(n2cccn2)CCNCC1. The van der Waals surface area contributed by atoms with Crippen LogP contribution in [0.4, 0.5) is 5.69 Å². The molecule has 144 valence electrons. The summed E-state index contributed by atoms with van der Waals surface area (Å²) in [5.74, 6) is 0.562. The Morgan fingerprint density at radius 3 is 2.59 bits per heavy atom. The maximum Gasteiger partial charge on any atom is 0.252 e. The molecule has 0 aliphatic carbocycles. The van der Waals surface area contributed by atoms with Crippen LogP contribution in [0, 0.1) is 0 Å². The number of nitrogens with one attached hydrogen (secondary N) is 2. The lowest BCUT2D eigenvalue weighted by molar-refractivity contribution is -0.126. The molecule has 1 amide bonds. The van der Waals surface area contributed by atoms with Crippen LogP contribution in [0.5, 0.6) is 0 Å². The van der Waals surface area contributed by atoms with Crippen LogP contribution in [0.1, 0.15) is 12.8 Å². The minimum absolute atomic E-state index is 0. The highest BCUT2D eigenvalue weighted by molar-refractivity contribution is 5.96. The maximum absolute atomic E-state index is 13.0. The average Bonchev–Trinajstić information content (AvgIpc) is 3.37. The van der Waals surface area contributed by atoms with Crippen LogP contribution in [0.2, 0.25) is 0 Å². The van der Waals surface area contributed by atoms with Gasteiger partial charge in [0.2, 0.25) is 0 Å². The normalized spacial score (nSPS) is 15.3. The molecule has 0 spiro atoms. The highest BCUT2D eigenvalue weighted by Crippen LogP contribution is 2.28. The summed E-state index contributed by atoms with van der Waals surface area (Å²) >= 11 is 0. The van der Waals surface area contributed by atoms with Gasteiger partial charge in [-0.05, 0) is 44.1 Å². The second-order valence-electron chi connectivity index (χ2n) is 5.93. The molecule has 0 radical (unpaired) electrons. The van der Waals surface area contributed by atoms with Gasteiger partial charge < -0.3 is 10.6 Å². The van der Waals surface area contributed by atoms with E-state index in [0.29, 0.717) is 24.3 Å². The number of aromatic nitrogens is 6. The number of carbonyl (C=O) groups is 1. The molecule has 1 fully saturated rings. The topological polar surface area (TPSA) is 103 Å². The van der Waals surface area contributed by atoms with Crippen LogP contribution in [-0.2, 0) is 10.3 Å². The van der Waals surface area contributed by atoms with E-state index in [0.717, 1.165) is 13.1 Å². The first-order chi connectivity index (χ1) is 12.3. The van der Waals surface area contributed by atoms with Crippen molar-refractivity contribution in [3.8, 4) is 5.82 Å². The number of amides is 1. The monoisotopic (exact) mass is 410 g/mol. The van der Waals surface area contributed by atoms with Crippen molar-refractivity contribution in [1.82, 2.24) is 34.8 Å².